The van der Waals surface area contributed by atoms with E-state index in [9.17, 15) is 0 Å². The predicted octanol–water partition coefficient (Wildman–Crippen LogP) is 2.73. The number of nitrogen functional groups attached to an aromatic ring is 1. The van der Waals surface area contributed by atoms with Crippen LogP contribution in [-0.4, -0.2) is 11.3 Å². The minimum absolute atomic E-state index is 0.234. The summed E-state index contributed by atoms with van der Waals surface area (Å²) in [5, 5.41) is 9.11. The van der Waals surface area contributed by atoms with E-state index in [4.69, 9.17) is 10.8 Å². The number of benzene rings is 2. The number of hydrogen-bond acceptors (Lipinski definition) is 3. The first-order valence-electron chi connectivity index (χ1n) is 4.93. The molecule has 0 atom stereocenters. The summed E-state index contributed by atoms with van der Waals surface area (Å²) in [6.07, 6.45) is 1.71. The van der Waals surface area contributed by atoms with Crippen LogP contribution in [0.4, 0.5) is 11.4 Å². The van der Waals surface area contributed by atoms with Crippen LogP contribution in [0.25, 0.3) is 0 Å². The summed E-state index contributed by atoms with van der Waals surface area (Å²) < 4.78 is 0. The Hall–Kier alpha value is -2.29. The molecular weight excluding hydrogens is 200 g/mol. The van der Waals surface area contributed by atoms with Crippen LogP contribution in [0.2, 0.25) is 0 Å². The summed E-state index contributed by atoms with van der Waals surface area (Å²) in [5.41, 5.74) is 8.14. The number of phenolic OH excluding ortho intramolecular Hbond substituents is 1. The molecule has 0 saturated heterocycles. The minimum atomic E-state index is 0.234. The third kappa shape index (κ3) is 2.39. The Morgan fingerprint density at radius 3 is 2.38 bits per heavy atom. The van der Waals surface area contributed by atoms with Crippen molar-refractivity contribution in [3.63, 3.8) is 0 Å². The highest BCUT2D eigenvalue weighted by Gasteiger charge is 1.93. The number of hydrogen-bond donors (Lipinski definition) is 2. The number of para-hydroxylation sites is 1. The zero-order valence-corrected chi connectivity index (χ0v) is 8.67. The van der Waals surface area contributed by atoms with E-state index in [2.05, 4.69) is 4.99 Å². The zero-order valence-electron chi connectivity index (χ0n) is 8.67. The Morgan fingerprint density at radius 2 is 1.69 bits per heavy atom. The molecule has 2 aromatic carbocycles. The smallest absolute Gasteiger partial charge is 0.115 e. The third-order valence-corrected chi connectivity index (χ3v) is 2.20. The van der Waals surface area contributed by atoms with Crippen molar-refractivity contribution < 1.29 is 5.11 Å². The SMILES string of the molecule is Nc1ccccc1C=Nc1ccc(O)cc1. The molecule has 3 N–H and O–H groups in total. The normalized spacial score (nSPS) is 10.8. The second kappa shape index (κ2) is 4.49. The van der Waals surface area contributed by atoms with Gasteiger partial charge < -0.3 is 10.8 Å². The summed E-state index contributed by atoms with van der Waals surface area (Å²) in [5.74, 6) is 0.234. The van der Waals surface area contributed by atoms with Gasteiger partial charge >= 0.3 is 0 Å². The maximum absolute atomic E-state index is 9.11. The molecule has 3 heteroatoms. The number of nitrogens with two attached hydrogens (primary N) is 1. The maximum atomic E-state index is 9.11. The molecule has 80 valence electrons. The molecule has 0 bridgehead atoms. The highest BCUT2D eigenvalue weighted by molar-refractivity contribution is 5.88. The number of anilines is 1. The number of aliphatic imine (C=N–C) groups is 1. The fourth-order valence-electron chi connectivity index (χ4n) is 1.31. The molecule has 0 aromatic heterocycles. The van der Waals surface area contributed by atoms with Crippen LogP contribution in [0, 0.1) is 0 Å². The van der Waals surface area contributed by atoms with E-state index in [0.29, 0.717) is 5.69 Å². The molecule has 16 heavy (non-hydrogen) atoms. The molecule has 0 unspecified atom stereocenters. The number of aromatic hydroxyl groups is 1. The van der Waals surface area contributed by atoms with Crippen LogP contribution < -0.4 is 5.73 Å². The van der Waals surface area contributed by atoms with Gasteiger partial charge in [0.25, 0.3) is 0 Å². The minimum Gasteiger partial charge on any atom is -0.508 e. The van der Waals surface area contributed by atoms with E-state index >= 15 is 0 Å². The highest BCUT2D eigenvalue weighted by Crippen LogP contribution is 2.17. The van der Waals surface area contributed by atoms with Crippen LogP contribution in [0.3, 0.4) is 0 Å². The van der Waals surface area contributed by atoms with E-state index in [1.807, 2.05) is 24.3 Å². The molecule has 2 aromatic rings. The lowest BCUT2D eigenvalue weighted by atomic mass is 10.2. The lowest BCUT2D eigenvalue weighted by Gasteiger charge is -1.98. The van der Waals surface area contributed by atoms with Crippen molar-refractivity contribution in [2.24, 2.45) is 4.99 Å². The Kier molecular flexibility index (Phi) is 2.87. The molecule has 0 amide bonds. The van der Waals surface area contributed by atoms with E-state index in [0.717, 1.165) is 11.3 Å². The Morgan fingerprint density at radius 1 is 1.00 bits per heavy atom. The maximum Gasteiger partial charge on any atom is 0.115 e. The van der Waals surface area contributed by atoms with Crippen LogP contribution in [0.5, 0.6) is 5.75 Å². The second-order valence-electron chi connectivity index (χ2n) is 3.40. The van der Waals surface area contributed by atoms with Gasteiger partial charge in [-0.15, -0.1) is 0 Å². The van der Waals surface area contributed by atoms with Gasteiger partial charge in [0.2, 0.25) is 0 Å². The average molecular weight is 212 g/mol. The van der Waals surface area contributed by atoms with Crippen molar-refractivity contribution in [1.29, 1.82) is 0 Å². The van der Waals surface area contributed by atoms with E-state index in [1.54, 1.807) is 30.5 Å². The number of nitrogens with zero attached hydrogens (tertiary/aromatic N) is 1. The molecule has 0 aliphatic carbocycles. The summed E-state index contributed by atoms with van der Waals surface area (Å²) in [4.78, 5) is 4.26. The van der Waals surface area contributed by atoms with Gasteiger partial charge in [-0.3, -0.25) is 4.99 Å². The van der Waals surface area contributed by atoms with E-state index < -0.39 is 0 Å². The quantitative estimate of drug-likeness (QED) is 0.594. The summed E-state index contributed by atoms with van der Waals surface area (Å²) in [6.45, 7) is 0. The standard InChI is InChI=1S/C13H12N2O/c14-13-4-2-1-3-10(13)9-15-11-5-7-12(16)8-6-11/h1-9,16H,14H2. The molecule has 0 heterocycles. The van der Waals surface area contributed by atoms with Crippen molar-refractivity contribution in [2.75, 3.05) is 5.73 Å². The van der Waals surface area contributed by atoms with Gasteiger partial charge in [-0.25, -0.2) is 0 Å². The molecule has 0 aliphatic rings. The van der Waals surface area contributed by atoms with Gasteiger partial charge in [-0.2, -0.15) is 0 Å². The lowest BCUT2D eigenvalue weighted by Crippen LogP contribution is -1.91. The van der Waals surface area contributed by atoms with Crippen molar-refractivity contribution in [3.8, 4) is 5.75 Å². The molecule has 0 radical (unpaired) electrons. The van der Waals surface area contributed by atoms with Crippen molar-refractivity contribution >= 4 is 17.6 Å². The number of rotatable bonds is 2. The van der Waals surface area contributed by atoms with Gasteiger partial charge in [0.05, 0.1) is 5.69 Å². The van der Waals surface area contributed by atoms with Crippen LogP contribution >= 0.6 is 0 Å². The zero-order chi connectivity index (χ0) is 11.4. The Bertz CT molecular complexity index is 504. The summed E-state index contributed by atoms with van der Waals surface area (Å²) >= 11 is 0. The van der Waals surface area contributed by atoms with Gasteiger partial charge in [0.15, 0.2) is 0 Å². The molecule has 0 spiro atoms. The summed E-state index contributed by atoms with van der Waals surface area (Å²) in [7, 11) is 0. The summed E-state index contributed by atoms with van der Waals surface area (Å²) in [6, 6.07) is 14.2. The van der Waals surface area contributed by atoms with Gasteiger partial charge in [-0.1, -0.05) is 18.2 Å². The van der Waals surface area contributed by atoms with Crippen molar-refractivity contribution in [1.82, 2.24) is 0 Å². The largest absolute Gasteiger partial charge is 0.508 e. The fraction of sp³-hybridized carbons (Fsp3) is 0. The molecule has 3 nitrogen and oxygen atoms in total. The van der Waals surface area contributed by atoms with Crippen LogP contribution in [0.1, 0.15) is 5.56 Å². The molecule has 0 saturated carbocycles. The first-order valence-corrected chi connectivity index (χ1v) is 4.93. The lowest BCUT2D eigenvalue weighted by molar-refractivity contribution is 0.475. The fourth-order valence-corrected chi connectivity index (χ4v) is 1.31. The second-order valence-corrected chi connectivity index (χ2v) is 3.40. The Labute approximate surface area is 93.9 Å². The average Bonchev–Trinajstić information content (AvgIpc) is 2.30. The van der Waals surface area contributed by atoms with Crippen molar-refractivity contribution in [3.05, 3.63) is 54.1 Å². The van der Waals surface area contributed by atoms with Gasteiger partial charge in [0, 0.05) is 17.5 Å². The number of phenols is 1. The topological polar surface area (TPSA) is 58.6 Å². The first-order chi connectivity index (χ1) is 7.75. The van der Waals surface area contributed by atoms with E-state index in [-0.39, 0.29) is 5.75 Å². The third-order valence-electron chi connectivity index (χ3n) is 2.20. The predicted molar refractivity (Wildman–Crippen MR) is 66.2 cm³/mol. The molecular formula is C13H12N2O. The van der Waals surface area contributed by atoms with Gasteiger partial charge in [0.1, 0.15) is 5.75 Å². The van der Waals surface area contributed by atoms with Crippen LogP contribution in [0.15, 0.2) is 53.5 Å². The molecule has 0 fully saturated rings. The van der Waals surface area contributed by atoms with Crippen molar-refractivity contribution in [2.45, 2.75) is 0 Å². The highest BCUT2D eigenvalue weighted by atomic mass is 16.3. The van der Waals surface area contributed by atoms with E-state index in [1.165, 1.54) is 0 Å². The Balaban J connectivity index is 2.21. The monoisotopic (exact) mass is 212 g/mol. The van der Waals surface area contributed by atoms with Crippen LogP contribution in [-0.2, 0) is 0 Å². The molecule has 0 aliphatic heterocycles. The molecule has 2 rings (SSSR count). The first kappa shape index (κ1) is 10.2. The van der Waals surface area contributed by atoms with Gasteiger partial charge in [-0.05, 0) is 30.3 Å².